The second-order valence-electron chi connectivity index (χ2n) is 4.74. The Balaban J connectivity index is 3.02. The Morgan fingerprint density at radius 2 is 1.70 bits per heavy atom. The van der Waals surface area contributed by atoms with E-state index in [1.807, 2.05) is 13.8 Å². The maximum Gasteiger partial charge on any atom is 0.243 e. The monoisotopic (exact) mass is 339 g/mol. The lowest BCUT2D eigenvalue weighted by Gasteiger charge is -2.29. The summed E-state index contributed by atoms with van der Waals surface area (Å²) in [5.74, 6) is 0. The molecule has 0 aliphatic heterocycles. The van der Waals surface area contributed by atoms with Gasteiger partial charge in [-0.25, -0.2) is 13.1 Å². The second kappa shape index (κ2) is 7.09. The summed E-state index contributed by atoms with van der Waals surface area (Å²) < 4.78 is 27.1. The maximum atomic E-state index is 12.3. The molecule has 0 unspecified atom stereocenters. The highest BCUT2D eigenvalue weighted by Crippen LogP contribution is 2.30. The van der Waals surface area contributed by atoms with Gasteiger partial charge in [0.2, 0.25) is 10.0 Å². The van der Waals surface area contributed by atoms with Gasteiger partial charge in [-0.3, -0.25) is 0 Å². The van der Waals surface area contributed by atoms with Crippen LogP contribution in [0.1, 0.15) is 26.7 Å². The first-order chi connectivity index (χ1) is 9.32. The second-order valence-corrected chi connectivity index (χ2v) is 7.26. The molecule has 0 amide bonds. The van der Waals surface area contributed by atoms with Gasteiger partial charge in [0.05, 0.1) is 10.0 Å². The number of hydrogen-bond donors (Lipinski definition) is 2. The van der Waals surface area contributed by atoms with Crippen molar-refractivity contribution in [3.8, 4) is 0 Å². The fourth-order valence-corrected chi connectivity index (χ4v) is 4.14. The van der Waals surface area contributed by atoms with Gasteiger partial charge in [0.25, 0.3) is 0 Å². The molecular weight excluding hydrogens is 321 g/mol. The highest BCUT2D eigenvalue weighted by molar-refractivity contribution is 7.89. The fourth-order valence-electron chi connectivity index (χ4n) is 1.84. The Kier molecular flexibility index (Phi) is 6.28. The molecule has 0 bridgehead atoms. The van der Waals surface area contributed by atoms with Crippen LogP contribution in [0.3, 0.4) is 0 Å². The first kappa shape index (κ1) is 17.7. The molecule has 7 heteroatoms. The Bertz CT molecular complexity index is 528. The predicted molar refractivity (Wildman–Crippen MR) is 81.8 cm³/mol. The number of aliphatic hydroxyl groups excluding tert-OH is 1. The van der Waals surface area contributed by atoms with E-state index in [1.54, 1.807) is 6.07 Å². The molecule has 0 radical (unpaired) electrons. The maximum absolute atomic E-state index is 12.3. The Hall–Kier alpha value is -0.330. The van der Waals surface area contributed by atoms with Crippen LogP contribution in [0.25, 0.3) is 0 Å². The molecule has 1 rings (SSSR count). The number of hydrogen-bond acceptors (Lipinski definition) is 3. The molecule has 1 aromatic carbocycles. The first-order valence-corrected chi connectivity index (χ1v) is 8.60. The van der Waals surface area contributed by atoms with Crippen LogP contribution < -0.4 is 4.72 Å². The van der Waals surface area contributed by atoms with Crippen molar-refractivity contribution >= 4 is 33.2 Å². The van der Waals surface area contributed by atoms with Crippen molar-refractivity contribution in [1.29, 1.82) is 0 Å². The van der Waals surface area contributed by atoms with Gasteiger partial charge in [-0.1, -0.05) is 43.1 Å². The topological polar surface area (TPSA) is 66.4 Å². The van der Waals surface area contributed by atoms with Crippen LogP contribution in [0.4, 0.5) is 0 Å². The zero-order valence-electron chi connectivity index (χ0n) is 11.5. The molecule has 0 atom stereocenters. The Labute approximate surface area is 130 Å². The molecule has 2 N–H and O–H groups in total. The zero-order valence-corrected chi connectivity index (χ0v) is 13.8. The van der Waals surface area contributed by atoms with Gasteiger partial charge >= 0.3 is 0 Å². The quantitative estimate of drug-likeness (QED) is 0.802. The minimum Gasteiger partial charge on any atom is -0.396 e. The van der Waals surface area contributed by atoms with Gasteiger partial charge in [0.1, 0.15) is 4.90 Å². The van der Waals surface area contributed by atoms with Crippen molar-refractivity contribution in [3.63, 3.8) is 0 Å². The summed E-state index contributed by atoms with van der Waals surface area (Å²) in [5, 5.41) is 9.62. The van der Waals surface area contributed by atoms with Crippen LogP contribution in [0.15, 0.2) is 23.1 Å². The first-order valence-electron chi connectivity index (χ1n) is 6.36. The minimum absolute atomic E-state index is 0.0765. The van der Waals surface area contributed by atoms with E-state index in [9.17, 15) is 13.5 Å². The third-order valence-corrected chi connectivity index (χ3v) is 6.02. The zero-order chi connectivity index (χ0) is 15.4. The standard InChI is InChI=1S/C13H19Cl2NO3S/c1-3-13(4-2,9-17)8-16-20(18,19)12-10(14)6-5-7-11(12)15/h5-7,16-17H,3-4,8-9H2,1-2H3. The summed E-state index contributed by atoms with van der Waals surface area (Å²) in [5.41, 5.74) is -0.471. The molecule has 0 heterocycles. The van der Waals surface area contributed by atoms with Crippen molar-refractivity contribution in [3.05, 3.63) is 28.2 Å². The van der Waals surface area contributed by atoms with Gasteiger partial charge in [0.15, 0.2) is 0 Å². The van der Waals surface area contributed by atoms with Gasteiger partial charge in [-0.05, 0) is 25.0 Å². The van der Waals surface area contributed by atoms with Gasteiger partial charge < -0.3 is 5.11 Å². The van der Waals surface area contributed by atoms with Crippen molar-refractivity contribution in [1.82, 2.24) is 4.72 Å². The molecule has 0 saturated heterocycles. The van der Waals surface area contributed by atoms with Crippen LogP contribution in [-0.4, -0.2) is 26.7 Å². The summed E-state index contributed by atoms with van der Waals surface area (Å²) in [7, 11) is -3.81. The van der Waals surface area contributed by atoms with Gasteiger partial charge in [0, 0.05) is 18.6 Å². The van der Waals surface area contributed by atoms with Crippen LogP contribution >= 0.6 is 23.2 Å². The van der Waals surface area contributed by atoms with E-state index in [0.29, 0.717) is 12.8 Å². The van der Waals surface area contributed by atoms with Crippen LogP contribution in [-0.2, 0) is 10.0 Å². The number of sulfonamides is 1. The number of rotatable bonds is 7. The van der Waals surface area contributed by atoms with Crippen molar-refractivity contribution in [2.24, 2.45) is 5.41 Å². The third kappa shape index (κ3) is 3.86. The van der Waals surface area contributed by atoms with E-state index in [-0.39, 0.29) is 28.1 Å². The number of benzene rings is 1. The van der Waals surface area contributed by atoms with E-state index in [0.717, 1.165) is 0 Å². The van der Waals surface area contributed by atoms with Crippen LogP contribution in [0.5, 0.6) is 0 Å². The minimum atomic E-state index is -3.81. The van der Waals surface area contributed by atoms with Gasteiger partial charge in [-0.2, -0.15) is 0 Å². The third-order valence-electron chi connectivity index (χ3n) is 3.66. The van der Waals surface area contributed by atoms with Crippen LogP contribution in [0.2, 0.25) is 10.0 Å². The smallest absolute Gasteiger partial charge is 0.243 e. The highest BCUT2D eigenvalue weighted by Gasteiger charge is 2.29. The van der Waals surface area contributed by atoms with Crippen LogP contribution in [0, 0.1) is 5.41 Å². The van der Waals surface area contributed by atoms with Crippen molar-refractivity contribution < 1.29 is 13.5 Å². The summed E-state index contributed by atoms with van der Waals surface area (Å²) >= 11 is 11.8. The molecule has 0 spiro atoms. The van der Waals surface area contributed by atoms with E-state index >= 15 is 0 Å². The molecule has 0 saturated carbocycles. The molecule has 20 heavy (non-hydrogen) atoms. The molecule has 0 aromatic heterocycles. The average molecular weight is 340 g/mol. The summed E-state index contributed by atoms with van der Waals surface area (Å²) in [4.78, 5) is -0.123. The van der Waals surface area contributed by atoms with E-state index in [1.165, 1.54) is 12.1 Å². The van der Waals surface area contributed by atoms with Crippen molar-refractivity contribution in [2.75, 3.05) is 13.2 Å². The average Bonchev–Trinajstić information content (AvgIpc) is 2.40. The molecular formula is C13H19Cl2NO3S. The normalized spacial score (nSPS) is 12.7. The lowest BCUT2D eigenvalue weighted by Crippen LogP contribution is -2.39. The molecule has 0 aliphatic rings. The van der Waals surface area contributed by atoms with E-state index in [2.05, 4.69) is 4.72 Å². The van der Waals surface area contributed by atoms with Crippen molar-refractivity contribution in [2.45, 2.75) is 31.6 Å². The predicted octanol–water partition coefficient (Wildman–Crippen LogP) is 3.07. The number of halogens is 2. The molecule has 4 nitrogen and oxygen atoms in total. The lowest BCUT2D eigenvalue weighted by atomic mass is 9.84. The molecule has 0 fully saturated rings. The summed E-state index contributed by atoms with van der Waals surface area (Å²) in [6.45, 7) is 3.88. The SMILES string of the molecule is CCC(CC)(CO)CNS(=O)(=O)c1c(Cl)cccc1Cl. The summed E-state index contributed by atoms with van der Waals surface area (Å²) in [6.07, 6.45) is 1.33. The summed E-state index contributed by atoms with van der Waals surface area (Å²) in [6, 6.07) is 4.53. The van der Waals surface area contributed by atoms with Gasteiger partial charge in [-0.15, -0.1) is 0 Å². The lowest BCUT2D eigenvalue weighted by molar-refractivity contribution is 0.119. The molecule has 1 aromatic rings. The Morgan fingerprint density at radius 3 is 2.10 bits per heavy atom. The number of nitrogens with one attached hydrogen (secondary N) is 1. The largest absolute Gasteiger partial charge is 0.396 e. The Morgan fingerprint density at radius 1 is 1.20 bits per heavy atom. The highest BCUT2D eigenvalue weighted by atomic mass is 35.5. The fraction of sp³-hybridized carbons (Fsp3) is 0.538. The molecule has 114 valence electrons. The van der Waals surface area contributed by atoms with E-state index < -0.39 is 15.4 Å². The van der Waals surface area contributed by atoms with E-state index in [4.69, 9.17) is 23.2 Å². The molecule has 0 aliphatic carbocycles. The number of aliphatic hydroxyl groups is 1.